The first-order chi connectivity index (χ1) is 11.1. The van der Waals surface area contributed by atoms with Crippen LogP contribution in [0.15, 0.2) is 34.4 Å². The first-order valence-electron chi connectivity index (χ1n) is 7.00. The molecule has 1 aromatic carbocycles. The molecule has 2 aromatic heterocycles. The van der Waals surface area contributed by atoms with Gasteiger partial charge in [0.2, 0.25) is 0 Å². The van der Waals surface area contributed by atoms with Crippen molar-refractivity contribution in [3.8, 4) is 11.5 Å². The Balaban J connectivity index is 2.15. The number of nitrogens with zero attached hydrogens (tertiary/aromatic N) is 1. The fourth-order valence-electron chi connectivity index (χ4n) is 2.56. The number of ether oxygens (including phenoxy) is 2. The van der Waals surface area contributed by atoms with Gasteiger partial charge in [-0.25, -0.2) is 0 Å². The number of thiophene rings is 1. The molecule has 120 valence electrons. The van der Waals surface area contributed by atoms with E-state index in [0.717, 1.165) is 11.1 Å². The summed E-state index contributed by atoms with van der Waals surface area (Å²) in [5.74, 6) is 1.27. The third kappa shape index (κ3) is 2.66. The zero-order chi connectivity index (χ0) is 16.6. The Bertz CT molecular complexity index is 971. The van der Waals surface area contributed by atoms with Crippen LogP contribution in [-0.2, 0) is 0 Å². The number of hydrogen-bond acceptors (Lipinski definition) is 5. The second-order valence-electron chi connectivity index (χ2n) is 5.06. The second-order valence-corrected chi connectivity index (χ2v) is 6.36. The highest BCUT2D eigenvalue weighted by atomic mass is 32.1. The lowest BCUT2D eigenvalue weighted by molar-refractivity contribution is 0.354. The van der Waals surface area contributed by atoms with Crippen LogP contribution in [0.2, 0.25) is 0 Å². The number of aromatic nitrogens is 2. The molecule has 2 heterocycles. The number of fused-ring (bicyclic) bond motifs is 1. The van der Waals surface area contributed by atoms with Gasteiger partial charge in [-0.1, -0.05) is 6.07 Å². The van der Waals surface area contributed by atoms with Gasteiger partial charge in [-0.05, 0) is 48.3 Å². The molecule has 0 radical (unpaired) electrons. The van der Waals surface area contributed by atoms with Crippen molar-refractivity contribution in [2.75, 3.05) is 14.2 Å². The number of rotatable bonds is 4. The van der Waals surface area contributed by atoms with E-state index in [2.05, 4.69) is 4.98 Å². The molecule has 0 amide bonds. The molecule has 0 saturated carbocycles. The summed E-state index contributed by atoms with van der Waals surface area (Å²) >= 11 is 6.78. The van der Waals surface area contributed by atoms with Crippen molar-refractivity contribution in [2.45, 2.75) is 13.0 Å². The molecule has 1 N–H and O–H groups in total. The molecule has 0 aliphatic rings. The lowest BCUT2D eigenvalue weighted by Crippen LogP contribution is -2.25. The quantitative estimate of drug-likeness (QED) is 0.730. The lowest BCUT2D eigenvalue weighted by Gasteiger charge is -2.17. The molecule has 0 fully saturated rings. The molecule has 0 aliphatic heterocycles. The minimum atomic E-state index is -0.224. The summed E-state index contributed by atoms with van der Waals surface area (Å²) in [6.45, 7) is 1.94. The molecular formula is C16H16N2O3S2. The largest absolute Gasteiger partial charge is 0.493 e. The van der Waals surface area contributed by atoms with Crippen LogP contribution in [0.4, 0.5) is 0 Å². The lowest BCUT2D eigenvalue weighted by atomic mass is 10.1. The minimum Gasteiger partial charge on any atom is -0.493 e. The molecule has 3 rings (SSSR count). The summed E-state index contributed by atoms with van der Waals surface area (Å²) in [6, 6.07) is 7.24. The number of methoxy groups -OCH3 is 2. The van der Waals surface area contributed by atoms with Gasteiger partial charge >= 0.3 is 0 Å². The van der Waals surface area contributed by atoms with Crippen molar-refractivity contribution in [3.63, 3.8) is 0 Å². The van der Waals surface area contributed by atoms with Crippen molar-refractivity contribution in [1.82, 2.24) is 9.55 Å². The van der Waals surface area contributed by atoms with E-state index in [1.54, 1.807) is 18.8 Å². The molecule has 5 nitrogen and oxygen atoms in total. The van der Waals surface area contributed by atoms with Gasteiger partial charge in [0.05, 0.1) is 25.8 Å². The standard InChI is InChI=1S/C16H16N2O3S2/c1-9(10-4-5-12(20-2)13(8-10)21-3)18-15(19)14-11(6-7-23-14)17-16(18)22/h4-9H,1-3H3,(H,17,22). The Morgan fingerprint density at radius 3 is 2.65 bits per heavy atom. The van der Waals surface area contributed by atoms with Gasteiger partial charge in [-0.3, -0.25) is 9.36 Å². The van der Waals surface area contributed by atoms with E-state index < -0.39 is 0 Å². The zero-order valence-corrected chi connectivity index (χ0v) is 14.6. The van der Waals surface area contributed by atoms with Gasteiger partial charge < -0.3 is 14.5 Å². The molecule has 0 bridgehead atoms. The van der Waals surface area contributed by atoms with Crippen molar-refractivity contribution in [3.05, 3.63) is 50.3 Å². The Morgan fingerprint density at radius 2 is 1.96 bits per heavy atom. The molecule has 0 spiro atoms. The van der Waals surface area contributed by atoms with Crippen LogP contribution < -0.4 is 15.0 Å². The van der Waals surface area contributed by atoms with Crippen LogP contribution in [0.1, 0.15) is 18.5 Å². The number of aromatic amines is 1. The average molecular weight is 348 g/mol. The van der Waals surface area contributed by atoms with Crippen LogP contribution in [0.25, 0.3) is 10.2 Å². The third-order valence-corrected chi connectivity index (χ3v) is 5.02. The van der Waals surface area contributed by atoms with E-state index in [1.807, 2.05) is 36.6 Å². The maximum absolute atomic E-state index is 12.7. The van der Waals surface area contributed by atoms with E-state index in [4.69, 9.17) is 21.7 Å². The summed E-state index contributed by atoms with van der Waals surface area (Å²) in [5.41, 5.74) is 1.61. The van der Waals surface area contributed by atoms with Gasteiger partial charge in [0, 0.05) is 0 Å². The van der Waals surface area contributed by atoms with Crippen LogP contribution in [-0.4, -0.2) is 23.8 Å². The molecule has 3 aromatic rings. The predicted molar refractivity (Wildman–Crippen MR) is 94.6 cm³/mol. The van der Waals surface area contributed by atoms with Gasteiger partial charge in [0.1, 0.15) is 4.70 Å². The fourth-order valence-corrected chi connectivity index (χ4v) is 3.70. The van der Waals surface area contributed by atoms with Gasteiger partial charge in [0.15, 0.2) is 16.3 Å². The Hall–Kier alpha value is -2.12. The number of hydrogen-bond donors (Lipinski definition) is 1. The molecule has 0 aliphatic carbocycles. The van der Waals surface area contributed by atoms with E-state index in [0.29, 0.717) is 21.0 Å². The zero-order valence-electron chi connectivity index (χ0n) is 13.0. The first kappa shape index (κ1) is 15.8. The maximum Gasteiger partial charge on any atom is 0.272 e. The number of benzene rings is 1. The van der Waals surface area contributed by atoms with Gasteiger partial charge in [-0.15, -0.1) is 11.3 Å². The highest BCUT2D eigenvalue weighted by Crippen LogP contribution is 2.31. The topological polar surface area (TPSA) is 56.2 Å². The predicted octanol–water partition coefficient (Wildman–Crippen LogP) is 3.75. The molecule has 1 unspecified atom stereocenters. The minimum absolute atomic E-state index is 0.0824. The van der Waals surface area contributed by atoms with Crippen molar-refractivity contribution < 1.29 is 9.47 Å². The van der Waals surface area contributed by atoms with Gasteiger partial charge in [-0.2, -0.15) is 0 Å². The van der Waals surface area contributed by atoms with Crippen LogP contribution >= 0.6 is 23.6 Å². The van der Waals surface area contributed by atoms with E-state index in [1.165, 1.54) is 11.3 Å². The fraction of sp³-hybridized carbons (Fsp3) is 0.250. The number of H-pyrrole nitrogens is 1. The summed E-state index contributed by atoms with van der Waals surface area (Å²) in [6.07, 6.45) is 0. The molecule has 23 heavy (non-hydrogen) atoms. The SMILES string of the molecule is COc1ccc(C(C)n2c(=S)[nH]c3ccsc3c2=O)cc1OC. The normalized spacial score (nSPS) is 12.3. The molecular weight excluding hydrogens is 332 g/mol. The maximum atomic E-state index is 12.7. The van der Waals surface area contributed by atoms with Crippen molar-refractivity contribution in [1.29, 1.82) is 0 Å². The first-order valence-corrected chi connectivity index (χ1v) is 8.29. The van der Waals surface area contributed by atoms with Crippen molar-refractivity contribution in [2.24, 2.45) is 0 Å². The van der Waals surface area contributed by atoms with Crippen LogP contribution in [0.5, 0.6) is 11.5 Å². The molecule has 1 atom stereocenters. The van der Waals surface area contributed by atoms with E-state index in [9.17, 15) is 4.79 Å². The van der Waals surface area contributed by atoms with E-state index in [-0.39, 0.29) is 11.6 Å². The third-order valence-electron chi connectivity index (χ3n) is 3.82. The highest BCUT2D eigenvalue weighted by molar-refractivity contribution is 7.71. The Kier molecular flexibility index (Phi) is 4.23. The van der Waals surface area contributed by atoms with Crippen LogP contribution in [0.3, 0.4) is 0 Å². The summed E-state index contributed by atoms with van der Waals surface area (Å²) < 4.78 is 13.3. The summed E-state index contributed by atoms with van der Waals surface area (Å²) in [5, 5.41) is 1.88. The number of nitrogens with one attached hydrogen (secondary N) is 1. The Morgan fingerprint density at radius 1 is 1.22 bits per heavy atom. The second kappa shape index (κ2) is 6.17. The summed E-state index contributed by atoms with van der Waals surface area (Å²) in [4.78, 5) is 15.8. The van der Waals surface area contributed by atoms with Crippen LogP contribution in [0, 0.1) is 4.77 Å². The average Bonchev–Trinajstić information content (AvgIpc) is 3.02. The molecule has 0 saturated heterocycles. The van der Waals surface area contributed by atoms with E-state index >= 15 is 0 Å². The molecule has 7 heteroatoms. The van der Waals surface area contributed by atoms with Crippen molar-refractivity contribution >= 4 is 33.8 Å². The monoisotopic (exact) mass is 348 g/mol. The highest BCUT2D eigenvalue weighted by Gasteiger charge is 2.16. The Labute approximate surface area is 142 Å². The summed E-state index contributed by atoms with van der Waals surface area (Å²) in [7, 11) is 3.18. The van der Waals surface area contributed by atoms with Gasteiger partial charge in [0.25, 0.3) is 5.56 Å². The smallest absolute Gasteiger partial charge is 0.272 e.